The fraction of sp³-hybridized carbons (Fsp3) is 0.385. The van der Waals surface area contributed by atoms with Gasteiger partial charge < -0.3 is 24.1 Å². The summed E-state index contributed by atoms with van der Waals surface area (Å²) in [6.45, 7) is 5.70. The molecule has 5 nitrogen and oxygen atoms in total. The van der Waals surface area contributed by atoms with E-state index in [9.17, 15) is 0 Å². The van der Waals surface area contributed by atoms with E-state index in [4.69, 9.17) is 24.1 Å². The van der Waals surface area contributed by atoms with Gasteiger partial charge in [-0.25, -0.2) is 0 Å². The molecule has 2 aromatic carbocycles. The van der Waals surface area contributed by atoms with Crippen molar-refractivity contribution in [2.24, 2.45) is 0 Å². The average Bonchev–Trinajstić information content (AvgIpc) is 2.78. The van der Waals surface area contributed by atoms with E-state index in [1.165, 1.54) is 0 Å². The molecule has 2 rings (SSSR count). The summed E-state index contributed by atoms with van der Waals surface area (Å²) >= 11 is 0. The predicted octanol–water partition coefficient (Wildman–Crippen LogP) is 5.78. The Bertz CT molecular complexity index is 785. The number of unbranched alkanes of at least 4 members (excludes halogenated alkanes) is 2. The highest BCUT2D eigenvalue weighted by molar-refractivity contribution is 5.72. The first-order chi connectivity index (χ1) is 15.2. The van der Waals surface area contributed by atoms with E-state index in [2.05, 4.69) is 36.4 Å². The summed E-state index contributed by atoms with van der Waals surface area (Å²) in [5, 5.41) is 8.85. The molecule has 0 bridgehead atoms. The van der Waals surface area contributed by atoms with Gasteiger partial charge in [0.2, 0.25) is 0 Å². The largest absolute Gasteiger partial charge is 0.467 e. The van der Waals surface area contributed by atoms with Crippen LogP contribution >= 0.6 is 0 Å². The van der Waals surface area contributed by atoms with Crippen LogP contribution in [0.5, 0.6) is 11.5 Å². The maximum absolute atomic E-state index is 8.85. The zero-order valence-electron chi connectivity index (χ0n) is 18.6. The fourth-order valence-electron chi connectivity index (χ4n) is 2.79. The van der Waals surface area contributed by atoms with Gasteiger partial charge in [0, 0.05) is 25.9 Å². The molecule has 168 valence electrons. The molecule has 2 aromatic rings. The molecule has 31 heavy (non-hydrogen) atoms. The van der Waals surface area contributed by atoms with Crippen LogP contribution in [0.4, 0.5) is 0 Å². The van der Waals surface area contributed by atoms with Gasteiger partial charge in [-0.05, 0) is 68.0 Å². The van der Waals surface area contributed by atoms with E-state index in [1.807, 2.05) is 44.2 Å². The number of rotatable bonds is 15. The highest BCUT2D eigenvalue weighted by Crippen LogP contribution is 2.25. The van der Waals surface area contributed by atoms with E-state index < -0.39 is 0 Å². The lowest BCUT2D eigenvalue weighted by molar-refractivity contribution is 0.0182. The SMILES string of the molecule is CCOCOc1cc(C=Cc2cccc(C=CCCCCO)c2)cc(OCOCC)c1. The molecular weight excluding hydrogens is 392 g/mol. The Hall–Kier alpha value is -2.60. The number of benzene rings is 2. The first kappa shape index (κ1) is 24.7. The number of hydrogen-bond acceptors (Lipinski definition) is 5. The third-order valence-corrected chi connectivity index (χ3v) is 4.40. The molecule has 0 saturated heterocycles. The van der Waals surface area contributed by atoms with Crippen molar-refractivity contribution in [1.29, 1.82) is 0 Å². The second-order valence-corrected chi connectivity index (χ2v) is 6.87. The molecule has 0 unspecified atom stereocenters. The predicted molar refractivity (Wildman–Crippen MR) is 126 cm³/mol. The van der Waals surface area contributed by atoms with Crippen molar-refractivity contribution in [3.63, 3.8) is 0 Å². The summed E-state index contributed by atoms with van der Waals surface area (Å²) in [6, 6.07) is 14.1. The van der Waals surface area contributed by atoms with Gasteiger partial charge in [-0.2, -0.15) is 0 Å². The van der Waals surface area contributed by atoms with Crippen molar-refractivity contribution in [1.82, 2.24) is 0 Å². The van der Waals surface area contributed by atoms with E-state index in [0.717, 1.165) is 36.0 Å². The maximum Gasteiger partial charge on any atom is 0.189 e. The van der Waals surface area contributed by atoms with E-state index in [1.54, 1.807) is 0 Å². The van der Waals surface area contributed by atoms with Gasteiger partial charge in [0.15, 0.2) is 13.6 Å². The monoisotopic (exact) mass is 426 g/mol. The Kier molecular flexibility index (Phi) is 12.1. The summed E-state index contributed by atoms with van der Waals surface area (Å²) in [5.74, 6) is 1.36. The highest BCUT2D eigenvalue weighted by atomic mass is 16.7. The second kappa shape index (κ2) is 15.2. The Morgan fingerprint density at radius 3 is 1.97 bits per heavy atom. The molecule has 5 heteroatoms. The number of aliphatic hydroxyl groups is 1. The van der Waals surface area contributed by atoms with Crippen LogP contribution in [-0.2, 0) is 9.47 Å². The van der Waals surface area contributed by atoms with Crippen molar-refractivity contribution < 1.29 is 24.1 Å². The van der Waals surface area contributed by atoms with E-state index in [-0.39, 0.29) is 20.2 Å². The fourth-order valence-corrected chi connectivity index (χ4v) is 2.79. The van der Waals surface area contributed by atoms with Crippen molar-refractivity contribution in [3.8, 4) is 11.5 Å². The highest BCUT2D eigenvalue weighted by Gasteiger charge is 2.03. The van der Waals surface area contributed by atoms with E-state index in [0.29, 0.717) is 24.7 Å². The maximum atomic E-state index is 8.85. The molecule has 0 aromatic heterocycles. The number of hydrogen-bond donors (Lipinski definition) is 1. The van der Waals surface area contributed by atoms with E-state index >= 15 is 0 Å². The molecule has 0 radical (unpaired) electrons. The normalized spacial score (nSPS) is 11.5. The zero-order chi connectivity index (χ0) is 22.2. The molecule has 0 fully saturated rings. The number of ether oxygens (including phenoxy) is 4. The molecule has 0 aliphatic heterocycles. The minimum atomic E-state index is 0.196. The second-order valence-electron chi connectivity index (χ2n) is 6.87. The lowest BCUT2D eigenvalue weighted by Gasteiger charge is -2.11. The molecule has 0 saturated carbocycles. The zero-order valence-corrected chi connectivity index (χ0v) is 18.6. The Balaban J connectivity index is 2.09. The third kappa shape index (κ3) is 10.3. The van der Waals surface area contributed by atoms with Crippen LogP contribution < -0.4 is 9.47 Å². The van der Waals surface area contributed by atoms with Crippen LogP contribution in [-0.4, -0.2) is 38.5 Å². The molecule has 0 aliphatic rings. The van der Waals surface area contributed by atoms with Crippen LogP contribution in [0.25, 0.3) is 18.2 Å². The number of aliphatic hydroxyl groups excluding tert-OH is 1. The summed E-state index contributed by atoms with van der Waals surface area (Å²) in [5.41, 5.74) is 3.22. The minimum Gasteiger partial charge on any atom is -0.467 e. The molecule has 0 amide bonds. The number of allylic oxidation sites excluding steroid dienone is 1. The van der Waals surface area contributed by atoms with Gasteiger partial charge in [0.1, 0.15) is 11.5 Å². The average molecular weight is 427 g/mol. The molecule has 0 spiro atoms. The smallest absolute Gasteiger partial charge is 0.189 e. The first-order valence-corrected chi connectivity index (χ1v) is 10.9. The summed E-state index contributed by atoms with van der Waals surface area (Å²) < 4.78 is 21.9. The standard InChI is InChI=1S/C26H34O5/c1-3-28-20-30-25-17-24(18-26(19-25)31-21-29-4-2)14-13-23-12-9-11-22(16-23)10-7-5-6-8-15-27/h7,9-14,16-19,27H,3-6,8,15,20-21H2,1-2H3. The summed E-state index contributed by atoms with van der Waals surface area (Å²) in [7, 11) is 0. The van der Waals surface area contributed by atoms with Gasteiger partial charge in [-0.3, -0.25) is 0 Å². The van der Waals surface area contributed by atoms with Gasteiger partial charge >= 0.3 is 0 Å². The van der Waals surface area contributed by atoms with Gasteiger partial charge in [0.25, 0.3) is 0 Å². The van der Waals surface area contributed by atoms with Gasteiger partial charge in [-0.15, -0.1) is 0 Å². The molecular formula is C26H34O5. The Morgan fingerprint density at radius 2 is 1.35 bits per heavy atom. The molecule has 1 N–H and O–H groups in total. The summed E-state index contributed by atoms with van der Waals surface area (Å²) in [4.78, 5) is 0. The molecule has 0 heterocycles. The summed E-state index contributed by atoms with van der Waals surface area (Å²) in [6.07, 6.45) is 11.2. The van der Waals surface area contributed by atoms with Gasteiger partial charge in [0.05, 0.1) is 0 Å². The topological polar surface area (TPSA) is 57.2 Å². The van der Waals surface area contributed by atoms with Crippen molar-refractivity contribution >= 4 is 18.2 Å². The Labute approximate surface area is 185 Å². The van der Waals surface area contributed by atoms with Crippen LogP contribution in [0.1, 0.15) is 49.8 Å². The van der Waals surface area contributed by atoms with Gasteiger partial charge in [-0.1, -0.05) is 42.5 Å². The van der Waals surface area contributed by atoms with Crippen LogP contribution in [0.3, 0.4) is 0 Å². The lowest BCUT2D eigenvalue weighted by Crippen LogP contribution is -2.04. The van der Waals surface area contributed by atoms with Crippen molar-refractivity contribution in [3.05, 3.63) is 65.2 Å². The Morgan fingerprint density at radius 1 is 0.742 bits per heavy atom. The van der Waals surface area contributed by atoms with Crippen molar-refractivity contribution in [2.75, 3.05) is 33.4 Å². The quantitative estimate of drug-likeness (QED) is 0.222. The lowest BCUT2D eigenvalue weighted by atomic mass is 10.1. The van der Waals surface area contributed by atoms with Crippen molar-refractivity contribution in [2.45, 2.75) is 33.1 Å². The van der Waals surface area contributed by atoms with Crippen LogP contribution in [0.2, 0.25) is 0 Å². The first-order valence-electron chi connectivity index (χ1n) is 10.9. The van der Waals surface area contributed by atoms with Crippen LogP contribution in [0, 0.1) is 0 Å². The third-order valence-electron chi connectivity index (χ3n) is 4.40. The molecule has 0 atom stereocenters. The molecule has 0 aliphatic carbocycles. The minimum absolute atomic E-state index is 0.196. The van der Waals surface area contributed by atoms with Crippen LogP contribution in [0.15, 0.2) is 48.5 Å².